The normalized spacial score (nSPS) is 22.8. The van der Waals surface area contributed by atoms with Gasteiger partial charge >= 0.3 is 6.03 Å². The van der Waals surface area contributed by atoms with Gasteiger partial charge in [0.15, 0.2) is 0 Å². The van der Waals surface area contributed by atoms with Crippen LogP contribution in [0.25, 0.3) is 0 Å². The third-order valence-electron chi connectivity index (χ3n) is 4.82. The van der Waals surface area contributed by atoms with Gasteiger partial charge in [-0.05, 0) is 25.7 Å². The fourth-order valence-electron chi connectivity index (χ4n) is 3.48. The Balaban J connectivity index is 0.00000264. The SMILES string of the molecule is Cl.NC(=O)N1CCCC(C(=O)NCCNC2CCCCCC2)C1. The average molecular weight is 347 g/mol. The number of amides is 3. The number of carbonyl (C=O) groups is 2. The van der Waals surface area contributed by atoms with Gasteiger partial charge in [0.1, 0.15) is 0 Å². The van der Waals surface area contributed by atoms with Crippen LogP contribution in [0, 0.1) is 5.92 Å². The van der Waals surface area contributed by atoms with Crippen LogP contribution >= 0.6 is 12.4 Å². The standard InChI is InChI=1S/C16H30N4O2.ClH/c17-16(22)20-11-5-6-13(12-20)15(21)19-10-9-18-14-7-3-1-2-4-8-14;/h13-14,18H,1-12H2,(H2,17,22)(H,19,21);1H. The molecule has 6 nitrogen and oxygen atoms in total. The molecule has 0 radical (unpaired) electrons. The highest BCUT2D eigenvalue weighted by Gasteiger charge is 2.27. The second-order valence-electron chi connectivity index (χ2n) is 6.56. The van der Waals surface area contributed by atoms with E-state index in [1.165, 1.54) is 38.5 Å². The highest BCUT2D eigenvalue weighted by molar-refractivity contribution is 5.85. The molecule has 2 rings (SSSR count). The Kier molecular flexibility index (Phi) is 9.33. The van der Waals surface area contributed by atoms with Crippen molar-refractivity contribution < 1.29 is 9.59 Å². The van der Waals surface area contributed by atoms with Gasteiger partial charge in [-0.15, -0.1) is 12.4 Å². The van der Waals surface area contributed by atoms with Crippen LogP contribution in [-0.4, -0.2) is 49.1 Å². The number of hydrogen-bond acceptors (Lipinski definition) is 3. The van der Waals surface area contributed by atoms with Crippen LogP contribution in [0.4, 0.5) is 4.79 Å². The molecule has 4 N–H and O–H groups in total. The molecule has 1 heterocycles. The topological polar surface area (TPSA) is 87.5 Å². The maximum absolute atomic E-state index is 12.2. The zero-order valence-electron chi connectivity index (χ0n) is 13.9. The molecule has 1 saturated carbocycles. The first-order valence-corrected chi connectivity index (χ1v) is 8.72. The summed E-state index contributed by atoms with van der Waals surface area (Å²) >= 11 is 0. The Morgan fingerprint density at radius 2 is 1.70 bits per heavy atom. The Morgan fingerprint density at radius 1 is 1.00 bits per heavy atom. The fourth-order valence-corrected chi connectivity index (χ4v) is 3.48. The van der Waals surface area contributed by atoms with Crippen molar-refractivity contribution in [2.24, 2.45) is 11.7 Å². The summed E-state index contributed by atoms with van der Waals surface area (Å²) in [4.78, 5) is 24.9. The maximum atomic E-state index is 12.2. The zero-order valence-corrected chi connectivity index (χ0v) is 14.7. The van der Waals surface area contributed by atoms with Crippen LogP contribution < -0.4 is 16.4 Å². The monoisotopic (exact) mass is 346 g/mol. The predicted molar refractivity (Wildman–Crippen MR) is 93.6 cm³/mol. The van der Waals surface area contributed by atoms with Crippen LogP contribution in [0.5, 0.6) is 0 Å². The molecule has 1 atom stereocenters. The van der Waals surface area contributed by atoms with Crippen LogP contribution in [0.1, 0.15) is 51.4 Å². The van der Waals surface area contributed by atoms with Gasteiger partial charge in [-0.25, -0.2) is 4.79 Å². The summed E-state index contributed by atoms with van der Waals surface area (Å²) in [6.45, 7) is 2.60. The molecule has 1 aliphatic carbocycles. The molecule has 1 unspecified atom stereocenters. The molecule has 2 aliphatic rings. The van der Waals surface area contributed by atoms with E-state index < -0.39 is 6.03 Å². The number of nitrogens with zero attached hydrogens (tertiary/aromatic N) is 1. The number of likely N-dealkylation sites (tertiary alicyclic amines) is 1. The Morgan fingerprint density at radius 3 is 2.35 bits per heavy atom. The van der Waals surface area contributed by atoms with E-state index in [0.29, 0.717) is 25.7 Å². The van der Waals surface area contributed by atoms with Crippen molar-refractivity contribution in [1.82, 2.24) is 15.5 Å². The van der Waals surface area contributed by atoms with E-state index in [0.717, 1.165) is 19.4 Å². The largest absolute Gasteiger partial charge is 0.355 e. The molecular formula is C16H31ClN4O2. The van der Waals surface area contributed by atoms with Gasteiger partial charge in [-0.1, -0.05) is 25.7 Å². The summed E-state index contributed by atoms with van der Waals surface area (Å²) in [5.74, 6) is -0.0623. The first-order chi connectivity index (χ1) is 10.7. The number of nitrogens with one attached hydrogen (secondary N) is 2. The van der Waals surface area contributed by atoms with E-state index >= 15 is 0 Å². The summed E-state index contributed by atoms with van der Waals surface area (Å²) in [6, 6.07) is 0.187. The van der Waals surface area contributed by atoms with Gasteiger partial charge in [-0.2, -0.15) is 0 Å². The molecule has 1 aliphatic heterocycles. The predicted octanol–water partition coefficient (Wildman–Crippen LogP) is 1.63. The van der Waals surface area contributed by atoms with Crippen molar-refractivity contribution in [2.75, 3.05) is 26.2 Å². The third kappa shape index (κ3) is 6.96. The van der Waals surface area contributed by atoms with Crippen LogP contribution in [0.2, 0.25) is 0 Å². The van der Waals surface area contributed by atoms with Gasteiger partial charge in [0.05, 0.1) is 5.92 Å². The van der Waals surface area contributed by atoms with Crippen molar-refractivity contribution in [3.05, 3.63) is 0 Å². The van der Waals surface area contributed by atoms with Crippen LogP contribution in [0.15, 0.2) is 0 Å². The van der Waals surface area contributed by atoms with E-state index in [9.17, 15) is 9.59 Å². The van der Waals surface area contributed by atoms with Crippen molar-refractivity contribution in [1.29, 1.82) is 0 Å². The maximum Gasteiger partial charge on any atom is 0.314 e. The number of hydrogen-bond donors (Lipinski definition) is 3. The van der Waals surface area contributed by atoms with Crippen LogP contribution in [0.3, 0.4) is 0 Å². The lowest BCUT2D eigenvalue weighted by molar-refractivity contribution is -0.126. The van der Waals surface area contributed by atoms with E-state index in [4.69, 9.17) is 5.73 Å². The van der Waals surface area contributed by atoms with Crippen molar-refractivity contribution >= 4 is 24.3 Å². The molecular weight excluding hydrogens is 316 g/mol. The molecule has 3 amide bonds. The summed E-state index contributed by atoms with van der Waals surface area (Å²) in [6.07, 6.45) is 9.53. The first-order valence-electron chi connectivity index (χ1n) is 8.72. The third-order valence-corrected chi connectivity index (χ3v) is 4.82. The summed E-state index contributed by atoms with van der Waals surface area (Å²) in [5, 5.41) is 6.53. The lowest BCUT2D eigenvalue weighted by Gasteiger charge is -2.30. The van der Waals surface area contributed by atoms with Crippen molar-refractivity contribution in [2.45, 2.75) is 57.4 Å². The number of nitrogens with two attached hydrogens (primary N) is 1. The van der Waals surface area contributed by atoms with E-state index in [1.807, 2.05) is 0 Å². The zero-order chi connectivity index (χ0) is 15.8. The second-order valence-corrected chi connectivity index (χ2v) is 6.56. The Labute approximate surface area is 145 Å². The van der Waals surface area contributed by atoms with Crippen molar-refractivity contribution in [3.8, 4) is 0 Å². The first kappa shape index (κ1) is 20.0. The Hall–Kier alpha value is -1.01. The van der Waals surface area contributed by atoms with Gasteiger partial charge in [0.25, 0.3) is 0 Å². The minimum Gasteiger partial charge on any atom is -0.355 e. The molecule has 134 valence electrons. The molecule has 0 aromatic heterocycles. The minimum absolute atomic E-state index is 0. The number of primary amides is 1. The number of rotatable bonds is 5. The van der Waals surface area contributed by atoms with E-state index in [1.54, 1.807) is 4.90 Å². The van der Waals surface area contributed by atoms with Gasteiger partial charge in [-0.3, -0.25) is 4.79 Å². The molecule has 7 heteroatoms. The smallest absolute Gasteiger partial charge is 0.314 e. The minimum atomic E-state index is -0.424. The number of halogens is 1. The summed E-state index contributed by atoms with van der Waals surface area (Å²) in [7, 11) is 0. The molecule has 0 aromatic rings. The molecule has 0 spiro atoms. The highest BCUT2D eigenvalue weighted by atomic mass is 35.5. The summed E-state index contributed by atoms with van der Waals surface area (Å²) < 4.78 is 0. The van der Waals surface area contributed by atoms with Gasteiger partial charge < -0.3 is 21.3 Å². The van der Waals surface area contributed by atoms with Crippen LogP contribution in [-0.2, 0) is 4.79 Å². The number of carbonyl (C=O) groups excluding carboxylic acids is 2. The quantitative estimate of drug-likeness (QED) is 0.522. The molecule has 23 heavy (non-hydrogen) atoms. The fraction of sp³-hybridized carbons (Fsp3) is 0.875. The second kappa shape index (κ2) is 10.7. The van der Waals surface area contributed by atoms with Crippen molar-refractivity contribution in [3.63, 3.8) is 0 Å². The summed E-state index contributed by atoms with van der Waals surface area (Å²) in [5.41, 5.74) is 5.29. The lowest BCUT2D eigenvalue weighted by atomic mass is 9.97. The Bertz CT molecular complexity index is 373. The van der Waals surface area contributed by atoms with E-state index in [-0.39, 0.29) is 24.2 Å². The average Bonchev–Trinajstić information content (AvgIpc) is 2.80. The number of piperidine rings is 1. The molecule has 0 bridgehead atoms. The molecule has 2 fully saturated rings. The lowest BCUT2D eigenvalue weighted by Crippen LogP contribution is -2.48. The molecule has 1 saturated heterocycles. The van der Waals surface area contributed by atoms with E-state index in [2.05, 4.69) is 10.6 Å². The van der Waals surface area contributed by atoms with Gasteiger partial charge in [0, 0.05) is 32.2 Å². The van der Waals surface area contributed by atoms with Gasteiger partial charge in [0.2, 0.25) is 5.91 Å². The molecule has 0 aromatic carbocycles. The number of urea groups is 1. The highest BCUT2D eigenvalue weighted by Crippen LogP contribution is 2.17.